The van der Waals surface area contributed by atoms with Gasteiger partial charge in [-0.25, -0.2) is 4.79 Å². The Bertz CT molecular complexity index is 1240. The quantitative estimate of drug-likeness (QED) is 0.430. The van der Waals surface area contributed by atoms with Crippen LogP contribution in [0.5, 0.6) is 11.6 Å². The van der Waals surface area contributed by atoms with Gasteiger partial charge in [-0.15, -0.1) is 0 Å². The number of benzene rings is 2. The van der Waals surface area contributed by atoms with Crippen LogP contribution < -0.4 is 14.8 Å². The molecule has 3 aliphatic heterocycles. The van der Waals surface area contributed by atoms with Crippen LogP contribution >= 0.6 is 0 Å². The minimum absolute atomic E-state index is 0.106. The topological polar surface area (TPSA) is 90.1 Å². The lowest BCUT2D eigenvalue weighted by Gasteiger charge is -2.39. The summed E-state index contributed by atoms with van der Waals surface area (Å²) in [6, 6.07) is 17.1. The molecule has 6 rings (SSSR count). The van der Waals surface area contributed by atoms with Crippen LogP contribution in [0.1, 0.15) is 38.5 Å². The van der Waals surface area contributed by atoms with Gasteiger partial charge in [-0.2, -0.15) is 0 Å². The first-order valence-electron chi connectivity index (χ1n) is 14.0. The number of H-pyrrole nitrogens is 1. The molecule has 3 aliphatic rings. The number of aliphatic hydroxyl groups is 1. The molecule has 2 bridgehead atoms. The highest BCUT2D eigenvalue weighted by Crippen LogP contribution is 2.35. The number of aliphatic hydroxyl groups excluding tert-OH is 1. The summed E-state index contributed by atoms with van der Waals surface area (Å²) in [5, 5.41) is 14.1. The molecule has 3 N–H and O–H groups in total. The Kier molecular flexibility index (Phi) is 7.28. The Morgan fingerprint density at radius 3 is 2.47 bits per heavy atom. The van der Waals surface area contributed by atoms with Crippen LogP contribution in [0.3, 0.4) is 0 Å². The van der Waals surface area contributed by atoms with E-state index in [9.17, 15) is 9.90 Å². The summed E-state index contributed by atoms with van der Waals surface area (Å²) in [4.78, 5) is 21.1. The average molecular weight is 519 g/mol. The zero-order valence-corrected chi connectivity index (χ0v) is 22.1. The van der Waals surface area contributed by atoms with Crippen LogP contribution in [0, 0.1) is 0 Å². The highest BCUT2D eigenvalue weighted by atomic mass is 16.6. The summed E-state index contributed by atoms with van der Waals surface area (Å²) in [5.41, 5.74) is 3.06. The number of piperidine rings is 2. The van der Waals surface area contributed by atoms with E-state index in [4.69, 9.17) is 9.47 Å². The number of ether oxygens (including phenoxy) is 2. The van der Waals surface area contributed by atoms with Gasteiger partial charge in [0.2, 0.25) is 5.88 Å². The molecule has 2 aromatic carbocycles. The van der Waals surface area contributed by atoms with Gasteiger partial charge in [0, 0.05) is 61.3 Å². The van der Waals surface area contributed by atoms with Gasteiger partial charge in [0.15, 0.2) is 0 Å². The molecule has 8 heteroatoms. The number of likely N-dealkylation sites (tertiary alicyclic amines) is 1. The fourth-order valence-electron chi connectivity index (χ4n) is 6.67. The van der Waals surface area contributed by atoms with E-state index in [0.717, 1.165) is 79.6 Å². The molecule has 3 aromatic rings. The molecule has 3 fully saturated rings. The van der Waals surface area contributed by atoms with Gasteiger partial charge < -0.3 is 29.8 Å². The number of fused-ring (bicyclic) bond motifs is 3. The Balaban J connectivity index is 0.994. The number of aromatic amines is 1. The van der Waals surface area contributed by atoms with Crippen molar-refractivity contribution < 1.29 is 19.4 Å². The highest BCUT2D eigenvalue weighted by Gasteiger charge is 2.39. The summed E-state index contributed by atoms with van der Waals surface area (Å²) in [6.07, 6.45) is 5.66. The van der Waals surface area contributed by atoms with Crippen LogP contribution in [0.2, 0.25) is 0 Å². The Morgan fingerprint density at radius 1 is 1.03 bits per heavy atom. The Labute approximate surface area is 223 Å². The van der Waals surface area contributed by atoms with E-state index in [-0.39, 0.29) is 12.1 Å². The van der Waals surface area contributed by atoms with Crippen LogP contribution in [0.4, 0.5) is 4.79 Å². The number of hydrogen-bond acceptors (Lipinski definition) is 6. The van der Waals surface area contributed by atoms with Gasteiger partial charge in [-0.05, 0) is 67.9 Å². The number of methoxy groups -OCH3 is 1. The monoisotopic (exact) mass is 518 g/mol. The van der Waals surface area contributed by atoms with Crippen molar-refractivity contribution in [3.8, 4) is 22.8 Å². The van der Waals surface area contributed by atoms with Gasteiger partial charge >= 0.3 is 6.09 Å². The second kappa shape index (κ2) is 11.0. The van der Waals surface area contributed by atoms with Gasteiger partial charge in [-0.1, -0.05) is 24.3 Å². The molecule has 0 saturated carbocycles. The first-order chi connectivity index (χ1) is 18.6. The molecule has 2 unspecified atom stereocenters. The Morgan fingerprint density at radius 2 is 1.76 bits per heavy atom. The van der Waals surface area contributed by atoms with Crippen molar-refractivity contribution in [2.24, 2.45) is 0 Å². The van der Waals surface area contributed by atoms with Crippen molar-refractivity contribution >= 4 is 17.0 Å². The zero-order valence-electron chi connectivity index (χ0n) is 22.1. The molecule has 1 amide bonds. The van der Waals surface area contributed by atoms with Crippen molar-refractivity contribution in [1.29, 1.82) is 0 Å². The SMILES string of the molecule is COc1ccc(-c2cccc3[nH]c(OC(=O)NC4CCN(CCN5C6CCC5CC(O)C6)CC4)cc23)cc1. The maximum Gasteiger partial charge on any atom is 0.414 e. The van der Waals surface area contributed by atoms with E-state index >= 15 is 0 Å². The largest absolute Gasteiger partial charge is 0.497 e. The number of nitrogens with zero attached hydrogens (tertiary/aromatic N) is 2. The smallest absolute Gasteiger partial charge is 0.414 e. The van der Waals surface area contributed by atoms with Crippen LogP contribution in [-0.2, 0) is 0 Å². The fourth-order valence-corrected chi connectivity index (χ4v) is 6.67. The van der Waals surface area contributed by atoms with Crippen molar-refractivity contribution in [3.63, 3.8) is 0 Å². The van der Waals surface area contributed by atoms with Gasteiger partial charge in [0.05, 0.1) is 13.2 Å². The van der Waals surface area contributed by atoms with E-state index in [0.29, 0.717) is 18.0 Å². The van der Waals surface area contributed by atoms with Crippen LogP contribution in [0.25, 0.3) is 22.0 Å². The standard InChI is InChI=1S/C30H38N4O4/c1-37-25-9-5-20(6-10-25)26-3-2-4-28-27(26)19-29(32-28)38-30(36)31-21-11-13-33(14-12-21)15-16-34-22-7-8-23(34)18-24(35)17-22/h2-6,9-10,19,21-24,32,35H,7-8,11-18H2,1H3,(H,31,36). The second-order valence-electron chi connectivity index (χ2n) is 11.0. The van der Waals surface area contributed by atoms with Crippen molar-refractivity contribution in [1.82, 2.24) is 20.1 Å². The number of amides is 1. The summed E-state index contributed by atoms with van der Waals surface area (Å²) >= 11 is 0. The van der Waals surface area contributed by atoms with Crippen LogP contribution in [0.15, 0.2) is 48.5 Å². The molecule has 3 saturated heterocycles. The normalized spacial score (nSPS) is 24.5. The summed E-state index contributed by atoms with van der Waals surface area (Å²) in [6.45, 7) is 4.11. The number of nitrogens with one attached hydrogen (secondary N) is 2. The molecule has 2 atom stereocenters. The number of carbonyl (C=O) groups excluding carboxylic acids is 1. The van der Waals surface area contributed by atoms with E-state index < -0.39 is 6.09 Å². The number of rotatable bonds is 7. The van der Waals surface area contributed by atoms with Crippen LogP contribution in [-0.4, -0.2) is 83.5 Å². The zero-order chi connectivity index (χ0) is 26.1. The third-order valence-electron chi connectivity index (χ3n) is 8.69. The van der Waals surface area contributed by atoms with E-state index in [1.165, 1.54) is 12.8 Å². The number of aromatic nitrogens is 1. The minimum Gasteiger partial charge on any atom is -0.497 e. The first kappa shape index (κ1) is 25.2. The third-order valence-corrected chi connectivity index (χ3v) is 8.69. The van der Waals surface area contributed by atoms with E-state index in [1.54, 1.807) is 7.11 Å². The van der Waals surface area contributed by atoms with Gasteiger partial charge in [0.1, 0.15) is 5.75 Å². The lowest BCUT2D eigenvalue weighted by molar-refractivity contribution is 0.0285. The predicted octanol–water partition coefficient (Wildman–Crippen LogP) is 4.38. The molecule has 8 nitrogen and oxygen atoms in total. The third kappa shape index (κ3) is 5.39. The molecule has 4 heterocycles. The Hall–Kier alpha value is -3.07. The maximum atomic E-state index is 12.7. The lowest BCUT2D eigenvalue weighted by atomic mass is 10.00. The highest BCUT2D eigenvalue weighted by molar-refractivity contribution is 5.96. The van der Waals surface area contributed by atoms with Gasteiger partial charge in [-0.3, -0.25) is 4.90 Å². The number of hydrogen-bond donors (Lipinski definition) is 3. The van der Waals surface area contributed by atoms with Gasteiger partial charge in [0.25, 0.3) is 0 Å². The second-order valence-corrected chi connectivity index (χ2v) is 11.0. The average Bonchev–Trinajstić information content (AvgIpc) is 3.44. The van der Waals surface area contributed by atoms with Crippen molar-refractivity contribution in [3.05, 3.63) is 48.5 Å². The van der Waals surface area contributed by atoms with E-state index in [1.807, 2.05) is 42.5 Å². The first-order valence-corrected chi connectivity index (χ1v) is 14.0. The molecule has 1 aromatic heterocycles. The number of carbonyl (C=O) groups is 1. The predicted molar refractivity (Wildman–Crippen MR) is 148 cm³/mol. The molecular weight excluding hydrogens is 480 g/mol. The summed E-state index contributed by atoms with van der Waals surface area (Å²) in [7, 11) is 1.66. The molecule has 38 heavy (non-hydrogen) atoms. The molecule has 0 radical (unpaired) electrons. The molecule has 202 valence electrons. The van der Waals surface area contributed by atoms with Crippen molar-refractivity contribution in [2.45, 2.75) is 62.8 Å². The maximum absolute atomic E-state index is 12.7. The van der Waals surface area contributed by atoms with Crippen molar-refractivity contribution in [2.75, 3.05) is 33.3 Å². The van der Waals surface area contributed by atoms with E-state index in [2.05, 4.69) is 26.2 Å². The minimum atomic E-state index is -0.413. The summed E-state index contributed by atoms with van der Waals surface area (Å²) < 4.78 is 10.9. The fraction of sp³-hybridized carbons (Fsp3) is 0.500. The lowest BCUT2D eigenvalue weighted by Crippen LogP contribution is -2.50. The molecular formula is C30H38N4O4. The summed E-state index contributed by atoms with van der Waals surface area (Å²) in [5.74, 6) is 1.26. The molecule has 0 aliphatic carbocycles. The molecule has 0 spiro atoms.